The summed E-state index contributed by atoms with van der Waals surface area (Å²) in [6, 6.07) is 12.1. The molecule has 6 rings (SSSR count). The standard InChI is InChI=1S/C27H23F2N3O4/c28-19-9-8-18-22(17-6-2-1-3-7-17)32-16-30(26(35)23-24(34)20(33)10-14-31(23)32)27(11-4-12-27)13-5-15-36-25(18)21(19)29/h1-3,5-10,13-14,22,34H,4,11-12,15-16H2/b13-5-/t22-/m1/s1. The van der Waals surface area contributed by atoms with Crippen LogP contribution in [0.4, 0.5) is 8.78 Å². The Hall–Kier alpha value is -4.14. The molecular weight excluding hydrogens is 468 g/mol. The van der Waals surface area contributed by atoms with E-state index >= 15 is 4.39 Å². The molecule has 36 heavy (non-hydrogen) atoms. The van der Waals surface area contributed by atoms with Crippen LogP contribution in [0.5, 0.6) is 11.5 Å². The van der Waals surface area contributed by atoms with Crippen molar-refractivity contribution in [3.05, 3.63) is 106 Å². The molecule has 1 amide bonds. The molecular formula is C27H23F2N3O4. The van der Waals surface area contributed by atoms with Crippen LogP contribution in [0, 0.1) is 11.6 Å². The first-order chi connectivity index (χ1) is 17.4. The van der Waals surface area contributed by atoms with Crippen LogP contribution >= 0.6 is 0 Å². The Kier molecular flexibility index (Phi) is 5.10. The van der Waals surface area contributed by atoms with Crippen LogP contribution in [0.15, 0.2) is 71.7 Å². The van der Waals surface area contributed by atoms with Crippen LogP contribution < -0.4 is 15.2 Å². The predicted molar refractivity (Wildman–Crippen MR) is 127 cm³/mol. The van der Waals surface area contributed by atoms with Crippen molar-refractivity contribution in [2.75, 3.05) is 18.3 Å². The average molecular weight is 491 g/mol. The number of carbonyl (C=O) groups excluding carboxylic acids is 1. The molecule has 9 heteroatoms. The number of fused-ring (bicyclic) bond motifs is 6. The lowest BCUT2D eigenvalue weighted by Crippen LogP contribution is -2.64. The molecule has 1 N–H and O–H groups in total. The Morgan fingerprint density at radius 3 is 2.53 bits per heavy atom. The highest BCUT2D eigenvalue weighted by Gasteiger charge is 2.49. The number of nitrogens with zero attached hydrogens (tertiary/aromatic N) is 3. The molecule has 3 aliphatic rings. The number of amides is 1. The zero-order valence-corrected chi connectivity index (χ0v) is 19.2. The monoisotopic (exact) mass is 491 g/mol. The number of rotatable bonds is 1. The Morgan fingerprint density at radius 2 is 1.81 bits per heavy atom. The first-order valence-electron chi connectivity index (χ1n) is 11.8. The summed E-state index contributed by atoms with van der Waals surface area (Å²) in [6.07, 6.45) is 7.26. The summed E-state index contributed by atoms with van der Waals surface area (Å²) >= 11 is 0. The highest BCUT2D eigenvalue weighted by atomic mass is 19.2. The molecule has 1 fully saturated rings. The molecule has 3 heterocycles. The number of ether oxygens (including phenoxy) is 1. The lowest BCUT2D eigenvalue weighted by molar-refractivity contribution is 0.0255. The molecule has 1 aromatic heterocycles. The van der Waals surface area contributed by atoms with Gasteiger partial charge in [0, 0.05) is 17.8 Å². The normalized spacial score (nSPS) is 21.1. The van der Waals surface area contributed by atoms with Crippen LogP contribution in [0.1, 0.15) is 46.9 Å². The van der Waals surface area contributed by atoms with Crippen molar-refractivity contribution >= 4 is 5.91 Å². The first-order valence-corrected chi connectivity index (χ1v) is 11.8. The van der Waals surface area contributed by atoms with E-state index in [4.69, 9.17) is 4.74 Å². The van der Waals surface area contributed by atoms with Gasteiger partial charge in [-0.15, -0.1) is 0 Å². The number of hydrogen-bond acceptors (Lipinski definition) is 5. The van der Waals surface area contributed by atoms with Crippen molar-refractivity contribution < 1.29 is 23.4 Å². The summed E-state index contributed by atoms with van der Waals surface area (Å²) in [5.41, 5.74) is -0.423. The fourth-order valence-corrected chi connectivity index (χ4v) is 5.41. The predicted octanol–water partition coefficient (Wildman–Crippen LogP) is 3.84. The van der Waals surface area contributed by atoms with Gasteiger partial charge in [-0.2, -0.15) is 4.39 Å². The zero-order chi connectivity index (χ0) is 25.0. The van der Waals surface area contributed by atoms with E-state index in [2.05, 4.69) is 0 Å². The molecule has 184 valence electrons. The minimum Gasteiger partial charge on any atom is -0.502 e. The molecule has 1 aliphatic carbocycles. The minimum absolute atomic E-state index is 0.0191. The molecule has 1 spiro atoms. The van der Waals surface area contributed by atoms with Crippen LogP contribution in [-0.2, 0) is 0 Å². The summed E-state index contributed by atoms with van der Waals surface area (Å²) in [4.78, 5) is 27.8. The van der Waals surface area contributed by atoms with E-state index in [9.17, 15) is 19.1 Å². The van der Waals surface area contributed by atoms with Gasteiger partial charge >= 0.3 is 0 Å². The second-order valence-corrected chi connectivity index (χ2v) is 9.30. The van der Waals surface area contributed by atoms with Gasteiger partial charge in [0.1, 0.15) is 19.3 Å². The number of hydrogen-bond donors (Lipinski definition) is 1. The van der Waals surface area contributed by atoms with Crippen LogP contribution in [0.3, 0.4) is 0 Å². The van der Waals surface area contributed by atoms with Crippen LogP contribution in [-0.4, -0.2) is 39.4 Å². The molecule has 0 unspecified atom stereocenters. The van der Waals surface area contributed by atoms with Gasteiger partial charge in [0.05, 0.1) is 5.54 Å². The Bertz CT molecular complexity index is 1450. The summed E-state index contributed by atoms with van der Waals surface area (Å²) < 4.78 is 36.7. The maximum atomic E-state index is 15.2. The molecule has 2 aromatic carbocycles. The molecule has 0 saturated heterocycles. The number of pyridine rings is 1. The Balaban J connectivity index is 1.67. The second-order valence-electron chi connectivity index (χ2n) is 9.30. The fraction of sp³-hybridized carbons (Fsp3) is 0.259. The third-order valence-corrected chi connectivity index (χ3v) is 7.36. The maximum Gasteiger partial charge on any atom is 0.278 e. The molecule has 0 radical (unpaired) electrons. The first kappa shape index (κ1) is 22.3. The van der Waals surface area contributed by atoms with E-state index in [1.54, 1.807) is 16.0 Å². The van der Waals surface area contributed by atoms with E-state index in [0.717, 1.165) is 18.1 Å². The second kappa shape index (κ2) is 8.22. The summed E-state index contributed by atoms with van der Waals surface area (Å²) in [6.45, 7) is 0.0607. The molecule has 3 aromatic rings. The largest absolute Gasteiger partial charge is 0.502 e. The Morgan fingerprint density at radius 1 is 1.03 bits per heavy atom. The van der Waals surface area contributed by atoms with Gasteiger partial charge in [-0.25, -0.2) is 4.39 Å². The van der Waals surface area contributed by atoms with E-state index in [0.29, 0.717) is 18.4 Å². The van der Waals surface area contributed by atoms with Crippen molar-refractivity contribution in [1.82, 2.24) is 9.58 Å². The summed E-state index contributed by atoms with van der Waals surface area (Å²) in [7, 11) is 0. The number of aromatic hydroxyl groups is 1. The van der Waals surface area contributed by atoms with Crippen molar-refractivity contribution in [3.8, 4) is 11.5 Å². The van der Waals surface area contributed by atoms with Gasteiger partial charge in [-0.3, -0.25) is 19.3 Å². The molecule has 1 atom stereocenters. The van der Waals surface area contributed by atoms with Crippen LogP contribution in [0.2, 0.25) is 0 Å². The van der Waals surface area contributed by atoms with Crippen molar-refractivity contribution in [2.45, 2.75) is 30.8 Å². The topological polar surface area (TPSA) is 75.0 Å². The lowest BCUT2D eigenvalue weighted by atomic mass is 9.74. The van der Waals surface area contributed by atoms with Crippen molar-refractivity contribution in [3.63, 3.8) is 0 Å². The molecule has 2 aliphatic heterocycles. The Labute approximate surface area is 205 Å². The van der Waals surface area contributed by atoms with Crippen molar-refractivity contribution in [1.29, 1.82) is 0 Å². The minimum atomic E-state index is -1.10. The summed E-state index contributed by atoms with van der Waals surface area (Å²) in [5, 5.41) is 12.5. The van der Waals surface area contributed by atoms with Gasteiger partial charge in [-0.1, -0.05) is 36.4 Å². The molecule has 7 nitrogen and oxygen atoms in total. The van der Waals surface area contributed by atoms with Gasteiger partial charge in [-0.05, 0) is 43.0 Å². The van der Waals surface area contributed by atoms with E-state index in [-0.39, 0.29) is 24.7 Å². The SMILES string of the molecule is O=C1c2c(O)c(=O)ccn2N2CN1C1(/C=C\COc3c(ccc(F)c3F)[C@H]2c2ccccc2)CCC1. The molecule has 2 bridgehead atoms. The lowest BCUT2D eigenvalue weighted by Gasteiger charge is -2.53. The van der Waals surface area contributed by atoms with E-state index in [1.165, 1.54) is 23.0 Å². The van der Waals surface area contributed by atoms with Crippen molar-refractivity contribution in [2.24, 2.45) is 0 Å². The highest BCUT2D eigenvalue weighted by molar-refractivity contribution is 5.97. The third-order valence-electron chi connectivity index (χ3n) is 7.36. The quantitative estimate of drug-likeness (QED) is 0.524. The van der Waals surface area contributed by atoms with Gasteiger partial charge in [0.2, 0.25) is 11.2 Å². The zero-order valence-electron chi connectivity index (χ0n) is 19.2. The summed E-state index contributed by atoms with van der Waals surface area (Å²) in [5.74, 6) is -3.49. The number of benzene rings is 2. The van der Waals surface area contributed by atoms with Crippen LogP contribution in [0.25, 0.3) is 0 Å². The smallest absolute Gasteiger partial charge is 0.278 e. The van der Waals surface area contributed by atoms with Gasteiger partial charge < -0.3 is 14.7 Å². The van der Waals surface area contributed by atoms with Gasteiger partial charge in [0.25, 0.3) is 5.91 Å². The molecule has 1 saturated carbocycles. The average Bonchev–Trinajstić information content (AvgIpc) is 2.88. The van der Waals surface area contributed by atoms with E-state index in [1.807, 2.05) is 36.4 Å². The van der Waals surface area contributed by atoms with Gasteiger partial charge in [0.15, 0.2) is 23.0 Å². The number of halogens is 2. The van der Waals surface area contributed by atoms with E-state index < -0.39 is 40.3 Å². The fourth-order valence-electron chi connectivity index (χ4n) is 5.41. The third kappa shape index (κ3) is 3.22. The maximum absolute atomic E-state index is 15.2. The number of carbonyl (C=O) groups is 1. The number of aromatic nitrogens is 1. The highest BCUT2D eigenvalue weighted by Crippen LogP contribution is 2.44.